The van der Waals surface area contributed by atoms with E-state index in [0.717, 1.165) is 36.1 Å². The van der Waals surface area contributed by atoms with Crippen LogP contribution in [0.4, 0.5) is 4.39 Å². The van der Waals surface area contributed by atoms with Gasteiger partial charge < -0.3 is 4.90 Å². The van der Waals surface area contributed by atoms with E-state index in [-0.39, 0.29) is 5.41 Å². The summed E-state index contributed by atoms with van der Waals surface area (Å²) >= 11 is 1.65. The first-order chi connectivity index (χ1) is 8.79. The Bertz CT molecular complexity index is 438. The molecule has 1 aromatic rings. The Hall–Kier alpha value is -0.590. The highest BCUT2D eigenvalue weighted by Gasteiger charge is 2.40. The molecule has 0 amide bonds. The third-order valence-electron chi connectivity index (χ3n) is 3.26. The minimum absolute atomic E-state index is 0.0107. The lowest BCUT2D eigenvalue weighted by Gasteiger charge is -2.24. The predicted octanol–water partition coefficient (Wildman–Crippen LogP) is 1.57. The number of halogens is 1. The van der Waals surface area contributed by atoms with Gasteiger partial charge in [0.1, 0.15) is 0 Å². The third-order valence-corrected chi connectivity index (χ3v) is 4.77. The van der Waals surface area contributed by atoms with Crippen LogP contribution in [0.25, 0.3) is 0 Å². The second-order valence-corrected chi connectivity index (χ2v) is 7.46. The van der Waals surface area contributed by atoms with Crippen molar-refractivity contribution in [1.29, 1.82) is 0 Å². The molecular formula is C13H24FN4S+. The number of nitrogens with zero attached hydrogens (tertiary/aromatic N) is 4. The highest BCUT2D eigenvalue weighted by Crippen LogP contribution is 2.28. The minimum Gasteiger partial charge on any atom is -0.308 e. The molecule has 0 radical (unpaired) electrons. The molecule has 0 aromatic carbocycles. The standard InChI is InChI=1S/C13H24FN4S/c1-13(2,3)11-15-18-10(19-11)6-7-17(12(18)14)9-8-16(4)5/h12H,6-9H2,1-5H3/q+1. The molecule has 0 aliphatic carbocycles. The lowest BCUT2D eigenvalue weighted by molar-refractivity contribution is -0.825. The normalized spacial score (nSPS) is 20.9. The lowest BCUT2D eigenvalue weighted by Crippen LogP contribution is -2.56. The molecule has 2 rings (SSSR count). The average molecular weight is 287 g/mol. The van der Waals surface area contributed by atoms with Gasteiger partial charge in [0.25, 0.3) is 5.01 Å². The van der Waals surface area contributed by atoms with Crippen LogP contribution >= 0.6 is 11.3 Å². The van der Waals surface area contributed by atoms with Crippen LogP contribution in [-0.2, 0) is 11.8 Å². The molecule has 0 N–H and O–H groups in total. The van der Waals surface area contributed by atoms with E-state index in [9.17, 15) is 4.39 Å². The summed E-state index contributed by atoms with van der Waals surface area (Å²) < 4.78 is 16.1. The van der Waals surface area contributed by atoms with Crippen molar-refractivity contribution in [3.05, 3.63) is 10.0 Å². The Balaban J connectivity index is 2.14. The maximum Gasteiger partial charge on any atom is 0.387 e. The first-order valence-electron chi connectivity index (χ1n) is 6.74. The first-order valence-corrected chi connectivity index (χ1v) is 7.55. The quantitative estimate of drug-likeness (QED) is 0.623. The van der Waals surface area contributed by atoms with E-state index in [2.05, 4.69) is 30.8 Å². The summed E-state index contributed by atoms with van der Waals surface area (Å²) in [5.41, 5.74) is -0.0107. The summed E-state index contributed by atoms with van der Waals surface area (Å²) in [7, 11) is 4.02. The second kappa shape index (κ2) is 5.42. The zero-order valence-electron chi connectivity index (χ0n) is 12.5. The van der Waals surface area contributed by atoms with Crippen molar-refractivity contribution >= 4 is 11.3 Å². The predicted molar refractivity (Wildman–Crippen MR) is 75.0 cm³/mol. The van der Waals surface area contributed by atoms with Gasteiger partial charge in [-0.3, -0.25) is 0 Å². The van der Waals surface area contributed by atoms with E-state index in [1.807, 2.05) is 19.0 Å². The van der Waals surface area contributed by atoms with Crippen molar-refractivity contribution in [1.82, 2.24) is 14.9 Å². The number of alkyl halides is 1. The third kappa shape index (κ3) is 3.30. The molecule has 0 saturated carbocycles. The van der Waals surface area contributed by atoms with Gasteiger partial charge in [-0.05, 0) is 30.1 Å². The molecule has 0 bridgehead atoms. The van der Waals surface area contributed by atoms with Crippen molar-refractivity contribution in [2.45, 2.75) is 39.0 Å². The van der Waals surface area contributed by atoms with Crippen LogP contribution in [0.1, 0.15) is 37.2 Å². The molecule has 1 unspecified atom stereocenters. The van der Waals surface area contributed by atoms with Crippen LogP contribution in [0.5, 0.6) is 0 Å². The van der Waals surface area contributed by atoms with E-state index in [0.29, 0.717) is 0 Å². The minimum atomic E-state index is -1.11. The number of hydrogen-bond donors (Lipinski definition) is 0. The van der Waals surface area contributed by atoms with Crippen LogP contribution < -0.4 is 4.68 Å². The Morgan fingerprint density at radius 2 is 2.16 bits per heavy atom. The van der Waals surface area contributed by atoms with Crippen LogP contribution in [0.15, 0.2) is 0 Å². The van der Waals surface area contributed by atoms with Crippen molar-refractivity contribution in [2.24, 2.45) is 0 Å². The molecule has 0 fully saturated rings. The van der Waals surface area contributed by atoms with E-state index < -0.39 is 6.42 Å². The molecule has 19 heavy (non-hydrogen) atoms. The topological polar surface area (TPSA) is 23.2 Å². The Morgan fingerprint density at radius 1 is 1.47 bits per heavy atom. The number of aromatic nitrogens is 2. The smallest absolute Gasteiger partial charge is 0.308 e. The fourth-order valence-electron chi connectivity index (χ4n) is 2.01. The van der Waals surface area contributed by atoms with Gasteiger partial charge in [-0.2, -0.15) is 4.39 Å². The monoisotopic (exact) mass is 287 g/mol. The van der Waals surface area contributed by atoms with E-state index in [4.69, 9.17) is 0 Å². The van der Waals surface area contributed by atoms with Gasteiger partial charge in [-0.25, -0.2) is 4.90 Å². The summed E-state index contributed by atoms with van der Waals surface area (Å²) in [5, 5.41) is 6.55. The molecule has 0 saturated heterocycles. The van der Waals surface area contributed by atoms with Gasteiger partial charge in [0.15, 0.2) is 5.01 Å². The Kier molecular flexibility index (Phi) is 4.23. The van der Waals surface area contributed by atoms with Gasteiger partial charge in [-0.1, -0.05) is 20.8 Å². The second-order valence-electron chi connectivity index (χ2n) is 6.40. The molecule has 1 aromatic heterocycles. The number of fused-ring (bicyclic) bond motifs is 1. The largest absolute Gasteiger partial charge is 0.387 e. The van der Waals surface area contributed by atoms with Crippen molar-refractivity contribution in [2.75, 3.05) is 33.7 Å². The van der Waals surface area contributed by atoms with E-state index in [1.54, 1.807) is 16.0 Å². The maximum atomic E-state index is 14.5. The van der Waals surface area contributed by atoms with Crippen LogP contribution in [0.3, 0.4) is 0 Å². The summed E-state index contributed by atoms with van der Waals surface area (Å²) in [4.78, 5) is 3.94. The van der Waals surface area contributed by atoms with Crippen molar-refractivity contribution in [3.8, 4) is 0 Å². The first kappa shape index (κ1) is 14.8. The van der Waals surface area contributed by atoms with E-state index in [1.165, 1.54) is 0 Å². The van der Waals surface area contributed by atoms with Crippen molar-refractivity contribution < 1.29 is 9.07 Å². The molecule has 1 aliphatic rings. The number of rotatable bonds is 3. The lowest BCUT2D eigenvalue weighted by atomic mass is 9.98. The summed E-state index contributed by atoms with van der Waals surface area (Å²) in [6.45, 7) is 8.75. The fraction of sp³-hybridized carbons (Fsp3) is 0.846. The van der Waals surface area contributed by atoms with Gasteiger partial charge in [-0.15, -0.1) is 0 Å². The van der Waals surface area contributed by atoms with Crippen LogP contribution in [0.2, 0.25) is 0 Å². The molecule has 6 heteroatoms. The van der Waals surface area contributed by atoms with Crippen LogP contribution in [0, 0.1) is 0 Å². The molecular weight excluding hydrogens is 263 g/mol. The van der Waals surface area contributed by atoms with Gasteiger partial charge in [0.05, 0.1) is 6.42 Å². The zero-order chi connectivity index (χ0) is 14.2. The molecule has 1 aliphatic heterocycles. The van der Waals surface area contributed by atoms with Gasteiger partial charge in [0.2, 0.25) is 0 Å². The summed E-state index contributed by atoms with van der Waals surface area (Å²) in [5.74, 6) is 0. The summed E-state index contributed by atoms with van der Waals surface area (Å²) in [6.07, 6.45) is -0.224. The molecule has 0 spiro atoms. The fourth-order valence-corrected chi connectivity index (χ4v) is 3.09. The van der Waals surface area contributed by atoms with Crippen molar-refractivity contribution in [3.63, 3.8) is 0 Å². The van der Waals surface area contributed by atoms with Crippen LogP contribution in [-0.4, -0.2) is 48.6 Å². The molecule has 1 atom stereocenters. The van der Waals surface area contributed by atoms with Gasteiger partial charge >= 0.3 is 6.42 Å². The summed E-state index contributed by atoms with van der Waals surface area (Å²) in [6, 6.07) is 0. The maximum absolute atomic E-state index is 14.5. The molecule has 4 nitrogen and oxygen atoms in total. The average Bonchev–Trinajstić information content (AvgIpc) is 2.72. The zero-order valence-corrected chi connectivity index (χ0v) is 13.3. The Morgan fingerprint density at radius 3 is 2.74 bits per heavy atom. The SMILES string of the molecule is CN(C)CCN1CCc2sc(C(C)(C)C)n[n+]2C1F. The molecule has 108 valence electrons. The highest BCUT2D eigenvalue weighted by atomic mass is 32.1. The number of likely N-dealkylation sites (N-methyl/N-ethyl adjacent to an activating group) is 1. The van der Waals surface area contributed by atoms with Gasteiger partial charge in [0, 0.05) is 30.1 Å². The van der Waals surface area contributed by atoms with E-state index >= 15 is 0 Å². The highest BCUT2D eigenvalue weighted by molar-refractivity contribution is 7.11. The molecule has 2 heterocycles. The Labute approximate surface area is 118 Å². The number of hydrogen-bond acceptors (Lipinski definition) is 4.